The molecule has 0 fully saturated rings. The van der Waals surface area contributed by atoms with Gasteiger partial charge >= 0.3 is 17.8 Å². The Balaban J connectivity index is 1.38. The topological polar surface area (TPSA) is 147 Å². The number of hydrazone groups is 1. The molecule has 0 radical (unpaired) electrons. The molecule has 0 atom stereocenters. The summed E-state index contributed by atoms with van der Waals surface area (Å²) >= 11 is 5.94. The van der Waals surface area contributed by atoms with E-state index in [9.17, 15) is 22.8 Å². The summed E-state index contributed by atoms with van der Waals surface area (Å²) in [5.74, 6) is -1.98. The molecule has 0 bridgehead atoms. The van der Waals surface area contributed by atoms with Gasteiger partial charge in [0.05, 0.1) is 29.8 Å². The van der Waals surface area contributed by atoms with Gasteiger partial charge in [-0.2, -0.15) is 9.41 Å². The van der Waals surface area contributed by atoms with Crippen molar-refractivity contribution in [2.45, 2.75) is 24.9 Å². The third-order valence-corrected chi connectivity index (χ3v) is 7.94. The first-order valence-corrected chi connectivity index (χ1v) is 14.8. The Morgan fingerprint density at radius 3 is 2.28 bits per heavy atom. The molecule has 2 amide bonds. The second kappa shape index (κ2) is 14.4. The van der Waals surface area contributed by atoms with Gasteiger partial charge in [0.25, 0.3) is 0 Å². The van der Waals surface area contributed by atoms with Crippen molar-refractivity contribution < 1.29 is 32.0 Å². The second-order valence-electron chi connectivity index (χ2n) is 8.97. The van der Waals surface area contributed by atoms with Crippen molar-refractivity contribution in [3.8, 4) is 0 Å². The van der Waals surface area contributed by atoms with E-state index >= 15 is 0 Å². The lowest BCUT2D eigenvalue weighted by Gasteiger charge is -2.21. The van der Waals surface area contributed by atoms with Crippen LogP contribution in [0.4, 0.5) is 5.69 Å². The quantitative estimate of drug-likeness (QED) is 0.108. The Hall–Kier alpha value is -4.78. The summed E-state index contributed by atoms with van der Waals surface area (Å²) in [6, 6.07) is 24.0. The molecular weight excluding hydrogens is 596 g/mol. The summed E-state index contributed by atoms with van der Waals surface area (Å²) in [6.45, 7) is 1.93. The lowest BCUT2D eigenvalue weighted by molar-refractivity contribution is -0.136. The SMILES string of the molecule is CCOC(=O)c1ccc(NC(=O)C(=O)N/N=C/c2ccc(CN(Cc3ccccc3)S(=O)(=O)c3ccc(Cl)cc3)o2)cc1. The molecular formula is C30H27ClN4O7S. The molecule has 0 saturated carbocycles. The molecule has 0 unspecified atom stereocenters. The summed E-state index contributed by atoms with van der Waals surface area (Å²) in [7, 11) is -3.92. The minimum absolute atomic E-state index is 0.0807. The first kappa shape index (κ1) is 31.2. The van der Waals surface area contributed by atoms with Gasteiger partial charge in [-0.3, -0.25) is 9.59 Å². The minimum Gasteiger partial charge on any atom is -0.462 e. The van der Waals surface area contributed by atoms with Crippen molar-refractivity contribution in [3.05, 3.63) is 119 Å². The number of ether oxygens (including phenoxy) is 1. The molecule has 11 nitrogen and oxygen atoms in total. The molecule has 43 heavy (non-hydrogen) atoms. The lowest BCUT2D eigenvalue weighted by atomic mass is 10.2. The summed E-state index contributed by atoms with van der Waals surface area (Å²) in [6.07, 6.45) is 1.18. The number of hydrogen-bond donors (Lipinski definition) is 2. The third-order valence-electron chi connectivity index (χ3n) is 5.89. The number of anilines is 1. The van der Waals surface area contributed by atoms with Crippen LogP contribution in [0, 0.1) is 0 Å². The first-order valence-electron chi connectivity index (χ1n) is 13.0. The van der Waals surface area contributed by atoms with Crippen LogP contribution >= 0.6 is 11.6 Å². The van der Waals surface area contributed by atoms with Gasteiger partial charge in [-0.1, -0.05) is 41.9 Å². The van der Waals surface area contributed by atoms with Gasteiger partial charge in [0, 0.05) is 17.3 Å². The number of amides is 2. The van der Waals surface area contributed by atoms with E-state index in [2.05, 4.69) is 15.8 Å². The number of hydrogen-bond acceptors (Lipinski definition) is 8. The van der Waals surface area contributed by atoms with Crippen LogP contribution in [0.5, 0.6) is 0 Å². The van der Waals surface area contributed by atoms with Crippen molar-refractivity contribution in [1.82, 2.24) is 9.73 Å². The summed E-state index contributed by atoms with van der Waals surface area (Å²) in [5.41, 5.74) is 3.48. The molecule has 1 aromatic heterocycles. The average molecular weight is 623 g/mol. The average Bonchev–Trinajstić information content (AvgIpc) is 3.45. The van der Waals surface area contributed by atoms with E-state index in [-0.39, 0.29) is 30.4 Å². The summed E-state index contributed by atoms with van der Waals surface area (Å²) in [5, 5.41) is 6.55. The maximum absolute atomic E-state index is 13.5. The van der Waals surface area contributed by atoms with Crippen molar-refractivity contribution in [2.75, 3.05) is 11.9 Å². The Kier molecular flexibility index (Phi) is 10.4. The number of benzene rings is 3. The molecule has 2 N–H and O–H groups in total. The highest BCUT2D eigenvalue weighted by Gasteiger charge is 2.26. The maximum Gasteiger partial charge on any atom is 0.338 e. The van der Waals surface area contributed by atoms with E-state index in [1.54, 1.807) is 19.1 Å². The van der Waals surface area contributed by atoms with Crippen LogP contribution in [0.25, 0.3) is 0 Å². The number of esters is 1. The lowest BCUT2D eigenvalue weighted by Crippen LogP contribution is -2.32. The molecule has 0 saturated heterocycles. The van der Waals surface area contributed by atoms with Crippen molar-refractivity contribution in [3.63, 3.8) is 0 Å². The Morgan fingerprint density at radius 1 is 0.907 bits per heavy atom. The van der Waals surface area contributed by atoms with E-state index in [0.717, 1.165) is 5.56 Å². The second-order valence-corrected chi connectivity index (χ2v) is 11.3. The number of sulfonamides is 1. The summed E-state index contributed by atoms with van der Waals surface area (Å²) in [4.78, 5) is 36.2. The highest BCUT2D eigenvalue weighted by molar-refractivity contribution is 7.89. The fourth-order valence-electron chi connectivity index (χ4n) is 3.79. The van der Waals surface area contributed by atoms with Crippen LogP contribution in [0.3, 0.4) is 0 Å². The van der Waals surface area contributed by atoms with Crippen molar-refractivity contribution >= 4 is 51.3 Å². The number of nitrogens with one attached hydrogen (secondary N) is 2. The van der Waals surface area contributed by atoms with Crippen LogP contribution in [-0.4, -0.2) is 43.3 Å². The largest absolute Gasteiger partial charge is 0.462 e. The monoisotopic (exact) mass is 622 g/mol. The van der Waals surface area contributed by atoms with Crippen molar-refractivity contribution in [2.24, 2.45) is 5.10 Å². The van der Waals surface area contributed by atoms with Crippen LogP contribution in [-0.2, 0) is 37.4 Å². The first-order chi connectivity index (χ1) is 20.7. The zero-order chi connectivity index (χ0) is 30.8. The van der Waals surface area contributed by atoms with E-state index in [0.29, 0.717) is 22.0 Å². The Bertz CT molecular complexity index is 1710. The van der Waals surface area contributed by atoms with Gasteiger partial charge in [-0.25, -0.2) is 18.6 Å². The third kappa shape index (κ3) is 8.61. The van der Waals surface area contributed by atoms with Gasteiger partial charge in [0.1, 0.15) is 11.5 Å². The Morgan fingerprint density at radius 2 is 1.60 bits per heavy atom. The van der Waals surface area contributed by atoms with Gasteiger partial charge in [0.15, 0.2) is 0 Å². The molecule has 13 heteroatoms. The fraction of sp³-hybridized carbons (Fsp3) is 0.133. The smallest absolute Gasteiger partial charge is 0.338 e. The number of halogens is 1. The maximum atomic E-state index is 13.5. The molecule has 3 aromatic carbocycles. The highest BCUT2D eigenvalue weighted by Crippen LogP contribution is 2.23. The number of carbonyl (C=O) groups is 3. The standard InChI is InChI=1S/C30H27ClN4O7S/c1-2-41-30(38)22-8-12-24(13-9-22)33-28(36)29(37)34-32-18-25-14-15-26(42-25)20-35(19-21-6-4-3-5-7-21)43(39,40)27-16-10-23(31)11-17-27/h3-18H,2,19-20H2,1H3,(H,33,36)(H,34,37)/b32-18+. The number of carbonyl (C=O) groups excluding carboxylic acids is 3. The Labute approximate surface area is 253 Å². The van der Waals surface area contributed by atoms with E-state index in [1.165, 1.54) is 59.1 Å². The molecule has 0 aliphatic carbocycles. The molecule has 4 aromatic rings. The number of rotatable bonds is 11. The molecule has 0 aliphatic rings. The van der Waals surface area contributed by atoms with Gasteiger partial charge in [-0.15, -0.1) is 0 Å². The zero-order valence-corrected chi connectivity index (χ0v) is 24.5. The molecule has 0 aliphatic heterocycles. The van der Waals surface area contributed by atoms with Crippen LogP contribution in [0.2, 0.25) is 5.02 Å². The van der Waals surface area contributed by atoms with E-state index in [4.69, 9.17) is 20.8 Å². The predicted octanol–water partition coefficient (Wildman–Crippen LogP) is 4.59. The van der Waals surface area contributed by atoms with Gasteiger partial charge in [0.2, 0.25) is 10.0 Å². The number of nitrogens with zero attached hydrogens (tertiary/aromatic N) is 2. The van der Waals surface area contributed by atoms with Crippen molar-refractivity contribution in [1.29, 1.82) is 0 Å². The van der Waals surface area contributed by atoms with Gasteiger partial charge < -0.3 is 14.5 Å². The minimum atomic E-state index is -3.92. The number of furan rings is 1. The van der Waals surface area contributed by atoms with Crippen LogP contribution in [0.15, 0.2) is 105 Å². The molecule has 222 valence electrons. The normalized spacial score (nSPS) is 11.4. The fourth-order valence-corrected chi connectivity index (χ4v) is 5.31. The van der Waals surface area contributed by atoms with Crippen LogP contribution in [0.1, 0.15) is 34.4 Å². The zero-order valence-electron chi connectivity index (χ0n) is 22.9. The predicted molar refractivity (Wildman–Crippen MR) is 160 cm³/mol. The highest BCUT2D eigenvalue weighted by atomic mass is 35.5. The van der Waals surface area contributed by atoms with E-state index < -0.39 is 27.8 Å². The van der Waals surface area contributed by atoms with Gasteiger partial charge in [-0.05, 0) is 73.2 Å². The van der Waals surface area contributed by atoms with E-state index in [1.807, 2.05) is 30.3 Å². The summed E-state index contributed by atoms with van der Waals surface area (Å²) < 4.78 is 38.9. The molecule has 1 heterocycles. The molecule has 4 rings (SSSR count). The molecule has 0 spiro atoms. The van der Waals surface area contributed by atoms with Crippen LogP contribution < -0.4 is 10.7 Å².